The number of benzene rings is 6. The average Bonchev–Trinajstić information content (AvgIpc) is 3.70. The van der Waals surface area contributed by atoms with Gasteiger partial charge in [0.1, 0.15) is 0 Å². The van der Waals surface area contributed by atoms with Gasteiger partial charge >= 0.3 is 0 Å². The highest BCUT2D eigenvalue weighted by Gasteiger charge is 2.52. The van der Waals surface area contributed by atoms with Gasteiger partial charge < -0.3 is 0 Å². The van der Waals surface area contributed by atoms with Gasteiger partial charge in [-0.3, -0.25) is 0 Å². The normalized spacial score (nSPS) is 28.3. The number of nitriles is 1. The van der Waals surface area contributed by atoms with Crippen LogP contribution in [0.25, 0.3) is 76.6 Å². The molecule has 0 amide bonds. The molecule has 0 saturated heterocycles. The molecule has 8 saturated carbocycles. The summed E-state index contributed by atoms with van der Waals surface area (Å²) in [5.74, 6) is 7.54. The molecule has 5 heteroatoms. The molecule has 2 aromatic heterocycles. The lowest BCUT2D eigenvalue weighted by atomic mass is 9.48. The maximum absolute atomic E-state index is 9.64. The van der Waals surface area contributed by atoms with Crippen LogP contribution in [0.5, 0.6) is 0 Å². The quantitative estimate of drug-likeness (QED) is 0.160. The number of aromatic nitrogens is 3. The van der Waals surface area contributed by atoms with E-state index in [9.17, 15) is 5.26 Å². The highest BCUT2D eigenvalue weighted by Crippen LogP contribution is 2.62. The SMILES string of the molecule is N#Cc1ccc2c(c1)sc1cc(-c3cc(-c4ccc(C56CC7C[C@H](C5)C[C@@H](C7)C6)cc4)cc(-c4nc(-c5ccccc5)nc(-c5ccc(C67C[C@H]8C[C@H](C6)C[C@@H](C7)C8)cc5)n4)c3)ccc12. The maximum Gasteiger partial charge on any atom is 0.164 e. The van der Waals surface area contributed by atoms with Crippen molar-refractivity contribution in [1.82, 2.24) is 15.0 Å². The molecule has 0 N–H and O–H groups in total. The molecule has 0 unspecified atom stereocenters. The minimum absolute atomic E-state index is 0.343. The van der Waals surface area contributed by atoms with Crippen molar-refractivity contribution >= 4 is 31.5 Å². The molecular weight excluding hydrogens is 809 g/mol. The molecule has 16 rings (SSSR count). The van der Waals surface area contributed by atoms with E-state index >= 15 is 0 Å². The van der Waals surface area contributed by atoms with Crippen LogP contribution in [0.4, 0.5) is 0 Å². The smallest absolute Gasteiger partial charge is 0.164 e. The Morgan fingerprint density at radius 2 is 0.815 bits per heavy atom. The van der Waals surface area contributed by atoms with Gasteiger partial charge in [0.25, 0.3) is 0 Å². The zero-order valence-electron chi connectivity index (χ0n) is 36.8. The predicted molar refractivity (Wildman–Crippen MR) is 264 cm³/mol. The number of hydrogen-bond donors (Lipinski definition) is 0. The van der Waals surface area contributed by atoms with E-state index in [-0.39, 0.29) is 0 Å². The summed E-state index contributed by atoms with van der Waals surface area (Å²) in [7, 11) is 0. The second-order valence-corrected chi connectivity index (χ2v) is 22.7. The monoisotopic (exact) mass is 860 g/mol. The van der Waals surface area contributed by atoms with E-state index in [0.717, 1.165) is 73.6 Å². The van der Waals surface area contributed by atoms with Gasteiger partial charge in [0.15, 0.2) is 17.5 Å². The van der Waals surface area contributed by atoms with Gasteiger partial charge in [-0.05, 0) is 193 Å². The van der Waals surface area contributed by atoms with Gasteiger partial charge in [-0.25, -0.2) is 15.0 Å². The van der Waals surface area contributed by atoms with Crippen molar-refractivity contribution in [2.45, 2.75) is 87.9 Å². The standard InChI is InChI=1S/C60H52N4S/c61-35-36-6-16-52-53-17-11-46(28-55(53)65-54(52)24-36)48-25-47(43-7-12-50(13-8-43)59-29-37-18-38(30-59)20-39(19-37)31-59)26-49(27-48)58-63-56(44-4-2-1-3-5-44)62-57(64-58)45-9-14-51(15-10-45)60-32-40-21-41(33-60)23-42(22-40)34-60/h1-17,24-28,37-42H,18-23,29-34H2/t37-,38+,39?,40-,41-,42-,59?,60?. The molecule has 318 valence electrons. The number of nitrogens with zero attached hydrogens (tertiary/aromatic N) is 4. The van der Waals surface area contributed by atoms with Crippen molar-refractivity contribution in [2.24, 2.45) is 35.5 Å². The van der Waals surface area contributed by atoms with Gasteiger partial charge in [-0.2, -0.15) is 5.26 Å². The number of hydrogen-bond acceptors (Lipinski definition) is 5. The number of thiophene rings is 1. The molecule has 8 aliphatic carbocycles. The fourth-order valence-corrected chi connectivity index (χ4v) is 16.6. The topological polar surface area (TPSA) is 62.5 Å². The van der Waals surface area contributed by atoms with Crippen LogP contribution < -0.4 is 0 Å². The molecule has 8 fully saturated rings. The molecule has 2 heterocycles. The van der Waals surface area contributed by atoms with Crippen LogP contribution >= 0.6 is 11.3 Å². The summed E-state index contributed by atoms with van der Waals surface area (Å²) in [5.41, 5.74) is 12.1. The van der Waals surface area contributed by atoms with E-state index < -0.39 is 0 Å². The van der Waals surface area contributed by atoms with E-state index in [1.807, 2.05) is 12.1 Å². The summed E-state index contributed by atoms with van der Waals surface area (Å²) >= 11 is 1.76. The van der Waals surface area contributed by atoms with Crippen molar-refractivity contribution in [3.63, 3.8) is 0 Å². The first-order valence-corrected chi connectivity index (χ1v) is 25.3. The molecule has 6 aromatic carbocycles. The molecule has 0 spiro atoms. The Balaban J connectivity index is 0.892. The van der Waals surface area contributed by atoms with Gasteiger partial charge in [-0.15, -0.1) is 11.3 Å². The Kier molecular flexibility index (Phi) is 8.56. The molecule has 4 nitrogen and oxygen atoms in total. The zero-order chi connectivity index (χ0) is 42.9. The summed E-state index contributed by atoms with van der Waals surface area (Å²) in [4.78, 5) is 15.8. The van der Waals surface area contributed by atoms with Crippen LogP contribution in [-0.4, -0.2) is 15.0 Å². The number of rotatable bonds is 7. The fourth-order valence-electron chi connectivity index (χ4n) is 15.4. The summed E-state index contributed by atoms with van der Waals surface area (Å²) in [6.07, 6.45) is 16.9. The molecule has 0 aliphatic heterocycles. The average molecular weight is 861 g/mol. The van der Waals surface area contributed by atoms with Crippen LogP contribution in [0.1, 0.15) is 93.7 Å². The van der Waals surface area contributed by atoms with E-state index in [2.05, 4.69) is 127 Å². The minimum Gasteiger partial charge on any atom is -0.208 e. The Labute approximate surface area is 385 Å². The van der Waals surface area contributed by atoms with Gasteiger partial charge in [0, 0.05) is 36.9 Å². The summed E-state index contributed by atoms with van der Waals surface area (Å²) in [6.45, 7) is 0. The van der Waals surface area contributed by atoms with E-state index in [4.69, 9.17) is 15.0 Å². The highest BCUT2D eigenvalue weighted by molar-refractivity contribution is 7.25. The zero-order valence-corrected chi connectivity index (χ0v) is 37.7. The fraction of sp³-hybridized carbons (Fsp3) is 0.333. The van der Waals surface area contributed by atoms with Gasteiger partial charge in [-0.1, -0.05) is 97.1 Å². The first kappa shape index (κ1) is 38.3. The lowest BCUT2D eigenvalue weighted by molar-refractivity contribution is -0.00530. The maximum atomic E-state index is 9.64. The molecule has 8 bridgehead atoms. The Bertz CT molecular complexity index is 3160. The largest absolute Gasteiger partial charge is 0.208 e. The second kappa shape index (κ2) is 14.5. The van der Waals surface area contributed by atoms with Crippen LogP contribution in [0.3, 0.4) is 0 Å². The first-order valence-electron chi connectivity index (χ1n) is 24.5. The lowest BCUT2D eigenvalue weighted by Crippen LogP contribution is -2.48. The Morgan fingerprint density at radius 3 is 1.34 bits per heavy atom. The Morgan fingerprint density at radius 1 is 0.400 bits per heavy atom. The van der Waals surface area contributed by atoms with Gasteiger partial charge in [0.2, 0.25) is 0 Å². The van der Waals surface area contributed by atoms with Crippen LogP contribution in [0.2, 0.25) is 0 Å². The third-order valence-corrected chi connectivity index (χ3v) is 18.6. The highest BCUT2D eigenvalue weighted by atomic mass is 32.1. The first-order chi connectivity index (χ1) is 31.9. The van der Waals surface area contributed by atoms with E-state index in [1.54, 1.807) is 16.9 Å². The van der Waals surface area contributed by atoms with Crippen LogP contribution in [-0.2, 0) is 10.8 Å². The van der Waals surface area contributed by atoms with E-state index in [1.165, 1.54) is 104 Å². The molecule has 65 heavy (non-hydrogen) atoms. The lowest BCUT2D eigenvalue weighted by Gasteiger charge is -2.57. The molecule has 0 atom stereocenters. The van der Waals surface area contributed by atoms with Crippen molar-refractivity contribution in [3.05, 3.63) is 150 Å². The molecule has 0 radical (unpaired) electrons. The predicted octanol–water partition coefficient (Wildman–Crippen LogP) is 15.4. The van der Waals surface area contributed by atoms with E-state index in [0.29, 0.717) is 33.9 Å². The third kappa shape index (κ3) is 6.46. The Hall–Kier alpha value is -5.96. The van der Waals surface area contributed by atoms with Crippen molar-refractivity contribution < 1.29 is 0 Å². The van der Waals surface area contributed by atoms with Crippen molar-refractivity contribution in [2.75, 3.05) is 0 Å². The summed E-state index contributed by atoms with van der Waals surface area (Å²) in [5, 5.41) is 12.1. The van der Waals surface area contributed by atoms with Crippen LogP contribution in [0, 0.1) is 46.8 Å². The third-order valence-electron chi connectivity index (χ3n) is 17.5. The molecule has 8 aromatic rings. The number of fused-ring (bicyclic) bond motifs is 3. The van der Waals surface area contributed by atoms with Crippen molar-refractivity contribution in [1.29, 1.82) is 5.26 Å². The van der Waals surface area contributed by atoms with Crippen LogP contribution in [0.15, 0.2) is 133 Å². The summed E-state index contributed by atoms with van der Waals surface area (Å²) in [6, 6.07) is 51.6. The minimum atomic E-state index is 0.343. The van der Waals surface area contributed by atoms with Gasteiger partial charge in [0.05, 0.1) is 11.6 Å². The molecular formula is C60H52N4S. The summed E-state index contributed by atoms with van der Waals surface area (Å²) < 4.78 is 2.35. The molecule has 8 aliphatic rings. The van der Waals surface area contributed by atoms with Crippen molar-refractivity contribution in [3.8, 4) is 62.5 Å². The second-order valence-electron chi connectivity index (χ2n) is 21.7.